The summed E-state index contributed by atoms with van der Waals surface area (Å²) in [4.78, 5) is 1.21. The maximum atomic E-state index is 6.07. The lowest BCUT2D eigenvalue weighted by atomic mass is 10.1. The normalized spacial score (nSPS) is 15.6. The second-order valence-corrected chi connectivity index (χ2v) is 4.08. The molecule has 3 heteroatoms. The quantitative estimate of drug-likeness (QED) is 0.791. The van der Waals surface area contributed by atoms with Crippen molar-refractivity contribution in [2.45, 2.75) is 31.9 Å². The van der Waals surface area contributed by atoms with Gasteiger partial charge in [-0.3, -0.25) is 0 Å². The Labute approximate surface area is 83.7 Å². The highest BCUT2D eigenvalue weighted by molar-refractivity contribution is 7.10. The zero-order valence-corrected chi connectivity index (χ0v) is 9.01. The van der Waals surface area contributed by atoms with Gasteiger partial charge in [-0.05, 0) is 17.9 Å². The molecule has 0 aliphatic rings. The van der Waals surface area contributed by atoms with Crippen molar-refractivity contribution in [3.8, 4) is 0 Å². The summed E-state index contributed by atoms with van der Waals surface area (Å²) >= 11 is 1.70. The zero-order chi connectivity index (χ0) is 9.68. The van der Waals surface area contributed by atoms with E-state index < -0.39 is 0 Å². The monoisotopic (exact) mass is 199 g/mol. The van der Waals surface area contributed by atoms with E-state index >= 15 is 0 Å². The van der Waals surface area contributed by atoms with Crippen molar-refractivity contribution in [1.29, 1.82) is 0 Å². The Kier molecular flexibility index (Phi) is 4.42. The molecule has 0 radical (unpaired) electrons. The minimum absolute atomic E-state index is 0.0324. The second-order valence-electron chi connectivity index (χ2n) is 3.10. The van der Waals surface area contributed by atoms with E-state index in [2.05, 4.69) is 13.0 Å². The molecule has 2 atom stereocenters. The second kappa shape index (κ2) is 5.37. The van der Waals surface area contributed by atoms with Gasteiger partial charge >= 0.3 is 0 Å². The van der Waals surface area contributed by atoms with E-state index in [0.717, 1.165) is 12.8 Å². The van der Waals surface area contributed by atoms with Gasteiger partial charge in [-0.2, -0.15) is 0 Å². The summed E-state index contributed by atoms with van der Waals surface area (Å²) in [6.07, 6.45) is 2.29. The van der Waals surface area contributed by atoms with Gasteiger partial charge < -0.3 is 10.5 Å². The molecule has 2 N–H and O–H groups in total. The smallest absolute Gasteiger partial charge is 0.0771 e. The number of rotatable bonds is 5. The number of nitrogens with two attached hydrogens (primary N) is 1. The first-order valence-corrected chi connectivity index (χ1v) is 5.49. The van der Waals surface area contributed by atoms with Crippen LogP contribution < -0.4 is 5.73 Å². The van der Waals surface area contributed by atoms with Gasteiger partial charge in [-0.15, -0.1) is 11.3 Å². The Hall–Kier alpha value is -0.380. The Morgan fingerprint density at radius 1 is 1.62 bits per heavy atom. The van der Waals surface area contributed by atoms with Crippen molar-refractivity contribution < 1.29 is 4.74 Å². The predicted octanol–water partition coefficient (Wildman–Crippen LogP) is 2.56. The molecule has 1 aromatic heterocycles. The summed E-state index contributed by atoms with van der Waals surface area (Å²) in [5.41, 5.74) is 6.07. The van der Waals surface area contributed by atoms with E-state index in [1.807, 2.05) is 11.4 Å². The molecule has 0 fully saturated rings. The molecular weight excluding hydrogens is 182 g/mol. The van der Waals surface area contributed by atoms with E-state index in [1.165, 1.54) is 4.88 Å². The number of ether oxygens (including phenoxy) is 1. The first-order chi connectivity index (χ1) is 6.29. The van der Waals surface area contributed by atoms with Crippen LogP contribution in [-0.4, -0.2) is 13.2 Å². The van der Waals surface area contributed by atoms with Gasteiger partial charge in [0.2, 0.25) is 0 Å². The molecule has 0 amide bonds. The molecule has 0 saturated heterocycles. The SMILES string of the molecule is CCCC(OC)C(N)c1cccs1. The van der Waals surface area contributed by atoms with E-state index in [9.17, 15) is 0 Å². The van der Waals surface area contributed by atoms with Crippen LogP contribution in [0.2, 0.25) is 0 Å². The van der Waals surface area contributed by atoms with Crippen LogP contribution in [0, 0.1) is 0 Å². The number of hydrogen-bond acceptors (Lipinski definition) is 3. The largest absolute Gasteiger partial charge is 0.379 e. The maximum Gasteiger partial charge on any atom is 0.0771 e. The molecule has 74 valence electrons. The van der Waals surface area contributed by atoms with E-state index in [-0.39, 0.29) is 12.1 Å². The van der Waals surface area contributed by atoms with Crippen molar-refractivity contribution in [2.24, 2.45) is 5.73 Å². The summed E-state index contributed by atoms with van der Waals surface area (Å²) in [6, 6.07) is 4.13. The molecule has 0 aromatic carbocycles. The van der Waals surface area contributed by atoms with Crippen LogP contribution in [0.3, 0.4) is 0 Å². The van der Waals surface area contributed by atoms with Crippen LogP contribution in [0.15, 0.2) is 17.5 Å². The first kappa shape index (κ1) is 10.7. The molecule has 0 saturated carbocycles. The fraction of sp³-hybridized carbons (Fsp3) is 0.600. The molecular formula is C10H17NOS. The van der Waals surface area contributed by atoms with Crippen molar-refractivity contribution in [2.75, 3.05) is 7.11 Å². The molecule has 13 heavy (non-hydrogen) atoms. The third kappa shape index (κ3) is 2.79. The molecule has 2 nitrogen and oxygen atoms in total. The molecule has 0 bridgehead atoms. The van der Waals surface area contributed by atoms with Crippen LogP contribution >= 0.6 is 11.3 Å². The average Bonchev–Trinajstić information content (AvgIpc) is 2.65. The van der Waals surface area contributed by atoms with Crippen molar-refractivity contribution in [3.05, 3.63) is 22.4 Å². The average molecular weight is 199 g/mol. The van der Waals surface area contributed by atoms with Gasteiger partial charge in [-0.25, -0.2) is 0 Å². The minimum atomic E-state index is 0.0324. The molecule has 1 heterocycles. The lowest BCUT2D eigenvalue weighted by Gasteiger charge is -2.20. The van der Waals surface area contributed by atoms with Crippen molar-refractivity contribution >= 4 is 11.3 Å². The van der Waals surface area contributed by atoms with Crippen LogP contribution in [0.4, 0.5) is 0 Å². The van der Waals surface area contributed by atoms with Gasteiger partial charge in [0, 0.05) is 12.0 Å². The van der Waals surface area contributed by atoms with Crippen LogP contribution in [-0.2, 0) is 4.74 Å². The third-order valence-corrected chi connectivity index (χ3v) is 3.12. The van der Waals surface area contributed by atoms with Gasteiger partial charge in [0.15, 0.2) is 0 Å². The van der Waals surface area contributed by atoms with Crippen molar-refractivity contribution in [1.82, 2.24) is 0 Å². The van der Waals surface area contributed by atoms with Crippen molar-refractivity contribution in [3.63, 3.8) is 0 Å². The third-order valence-electron chi connectivity index (χ3n) is 2.15. The molecule has 0 aliphatic heterocycles. The molecule has 1 aromatic rings. The lowest BCUT2D eigenvalue weighted by molar-refractivity contribution is 0.0734. The molecule has 0 spiro atoms. The van der Waals surface area contributed by atoms with Gasteiger partial charge in [0.1, 0.15) is 0 Å². The molecule has 0 aliphatic carbocycles. The lowest BCUT2D eigenvalue weighted by Crippen LogP contribution is -2.27. The summed E-state index contributed by atoms with van der Waals surface area (Å²) in [6.45, 7) is 2.15. The fourth-order valence-corrected chi connectivity index (χ4v) is 2.17. The highest BCUT2D eigenvalue weighted by Crippen LogP contribution is 2.23. The maximum absolute atomic E-state index is 6.07. The van der Waals surface area contributed by atoms with Gasteiger partial charge in [0.25, 0.3) is 0 Å². The minimum Gasteiger partial charge on any atom is -0.379 e. The highest BCUT2D eigenvalue weighted by Gasteiger charge is 2.18. The van der Waals surface area contributed by atoms with Gasteiger partial charge in [0.05, 0.1) is 12.1 Å². The standard InChI is InChI=1S/C10H17NOS/c1-3-5-8(12-2)10(11)9-6-4-7-13-9/h4,6-8,10H,3,5,11H2,1-2H3. The number of hydrogen-bond donors (Lipinski definition) is 1. The predicted molar refractivity (Wildman–Crippen MR) is 57.0 cm³/mol. The fourth-order valence-electron chi connectivity index (χ4n) is 1.39. The Bertz CT molecular complexity index is 223. The molecule has 2 unspecified atom stereocenters. The summed E-state index contributed by atoms with van der Waals surface area (Å²) in [5, 5.41) is 2.05. The summed E-state index contributed by atoms with van der Waals surface area (Å²) < 4.78 is 5.36. The van der Waals surface area contributed by atoms with E-state index in [0.29, 0.717) is 0 Å². The number of methoxy groups -OCH3 is 1. The van der Waals surface area contributed by atoms with Crippen LogP contribution in [0.5, 0.6) is 0 Å². The van der Waals surface area contributed by atoms with E-state index in [4.69, 9.17) is 10.5 Å². The highest BCUT2D eigenvalue weighted by atomic mass is 32.1. The van der Waals surface area contributed by atoms with Crippen LogP contribution in [0.1, 0.15) is 30.7 Å². The van der Waals surface area contributed by atoms with Gasteiger partial charge in [-0.1, -0.05) is 19.4 Å². The van der Waals surface area contributed by atoms with Crippen LogP contribution in [0.25, 0.3) is 0 Å². The Morgan fingerprint density at radius 2 is 2.38 bits per heavy atom. The first-order valence-electron chi connectivity index (χ1n) is 4.61. The summed E-state index contributed by atoms with van der Waals surface area (Å²) in [7, 11) is 1.73. The summed E-state index contributed by atoms with van der Waals surface area (Å²) in [5.74, 6) is 0. The topological polar surface area (TPSA) is 35.2 Å². The Morgan fingerprint density at radius 3 is 2.85 bits per heavy atom. The van der Waals surface area contributed by atoms with E-state index in [1.54, 1.807) is 18.4 Å². The Balaban J connectivity index is 2.58. The molecule has 1 rings (SSSR count). The number of thiophene rings is 1. The zero-order valence-electron chi connectivity index (χ0n) is 8.19.